The molecule has 84 valence electrons. The van der Waals surface area contributed by atoms with Gasteiger partial charge >= 0.3 is 15.6 Å². The quantitative estimate of drug-likeness (QED) is 0.412. The second-order valence-corrected chi connectivity index (χ2v) is 4.92. The van der Waals surface area contributed by atoms with Crippen LogP contribution in [0.2, 0.25) is 0 Å². The number of aliphatic hydroxyl groups excluding tert-OH is 1. The van der Waals surface area contributed by atoms with Crippen molar-refractivity contribution < 1.29 is 37.8 Å². The molecule has 0 aliphatic carbocycles. The topological polar surface area (TPSA) is 134 Å². The molecule has 0 rings (SSSR count). The number of phosphoric ester groups is 1. The fourth-order valence-corrected chi connectivity index (χ4v) is 1.95. The maximum absolute atomic E-state index is 10.7. The van der Waals surface area contributed by atoms with E-state index in [2.05, 4.69) is 8.83 Å². The Morgan fingerprint density at radius 2 is 1.86 bits per heavy atom. The third-order valence-corrected chi connectivity index (χ3v) is 3.05. The van der Waals surface area contributed by atoms with E-state index in [1.54, 1.807) is 0 Å². The van der Waals surface area contributed by atoms with Crippen molar-refractivity contribution in [1.82, 2.24) is 0 Å². The molecule has 10 heteroatoms. The van der Waals surface area contributed by atoms with Crippen molar-refractivity contribution >= 4 is 15.6 Å². The molecule has 1 atom stereocenters. The molecule has 0 aromatic carbocycles. The molecule has 8 nitrogen and oxygen atoms in total. The van der Waals surface area contributed by atoms with Gasteiger partial charge in [0.25, 0.3) is 0 Å². The normalized spacial score (nSPS) is 17.9. The van der Waals surface area contributed by atoms with Gasteiger partial charge in [-0.05, 0) is 13.0 Å². The summed E-state index contributed by atoms with van der Waals surface area (Å²) in [5, 5.41) is 8.77. The number of allylic oxidation sites excluding steroid dienone is 1. The molecule has 4 N–H and O–H groups in total. The zero-order chi connectivity index (χ0) is 11.4. The summed E-state index contributed by atoms with van der Waals surface area (Å²) in [7, 11) is -9.94. The summed E-state index contributed by atoms with van der Waals surface area (Å²) < 4.78 is 28.3. The van der Waals surface area contributed by atoms with Gasteiger partial charge in [-0.2, -0.15) is 4.31 Å². The zero-order valence-corrected chi connectivity index (χ0v) is 8.89. The van der Waals surface area contributed by atoms with Gasteiger partial charge in [0.15, 0.2) is 0 Å². The van der Waals surface area contributed by atoms with Crippen molar-refractivity contribution in [1.29, 1.82) is 0 Å². The Hall–Kier alpha value is -0.200. The minimum absolute atomic E-state index is 0.367. The van der Waals surface area contributed by atoms with E-state index in [-0.39, 0.29) is 5.76 Å². The molecule has 0 aliphatic rings. The number of hydrogen-bond donors (Lipinski definition) is 4. The van der Waals surface area contributed by atoms with Gasteiger partial charge in [0.1, 0.15) is 12.4 Å². The lowest BCUT2D eigenvalue weighted by molar-refractivity contribution is 0.171. The first-order valence-electron chi connectivity index (χ1n) is 3.24. The molecular formula is C4H10O8P2. The summed E-state index contributed by atoms with van der Waals surface area (Å²) in [6.07, 6.45) is 1.18. The maximum atomic E-state index is 10.7. The molecular weight excluding hydrogens is 238 g/mol. The molecule has 0 radical (unpaired) electrons. The average Bonchev–Trinajstić information content (AvgIpc) is 1.96. The Balaban J connectivity index is 4.23. The molecule has 0 bridgehead atoms. The van der Waals surface area contributed by atoms with Crippen LogP contribution >= 0.6 is 15.6 Å². The van der Waals surface area contributed by atoms with E-state index in [4.69, 9.17) is 19.8 Å². The summed E-state index contributed by atoms with van der Waals surface area (Å²) in [6.45, 7) is 0.759. The lowest BCUT2D eigenvalue weighted by atomic mass is 10.5. The van der Waals surface area contributed by atoms with Gasteiger partial charge in [0.05, 0.1) is 0 Å². The first-order valence-corrected chi connectivity index (χ1v) is 6.27. The molecule has 1 unspecified atom stereocenters. The standard InChI is InChI=1S/C4H10O8P2/c1-2-4(5)3-11-14(9,10)12-13(6,7)8/h2,5H,3H2,1H3,(H,9,10)(H2,6,7,8). The fraction of sp³-hybridized carbons (Fsp3) is 0.500. The summed E-state index contributed by atoms with van der Waals surface area (Å²) in [5.41, 5.74) is 0. The van der Waals surface area contributed by atoms with Crippen LogP contribution in [-0.2, 0) is 18.0 Å². The zero-order valence-electron chi connectivity index (χ0n) is 7.10. The molecule has 0 aliphatic heterocycles. The number of hydrogen-bond acceptors (Lipinski definition) is 5. The highest BCUT2D eigenvalue weighted by atomic mass is 31.3. The van der Waals surface area contributed by atoms with Gasteiger partial charge in [0.2, 0.25) is 0 Å². The molecule has 0 aromatic rings. The summed E-state index contributed by atoms with van der Waals surface area (Å²) in [4.78, 5) is 25.0. The summed E-state index contributed by atoms with van der Waals surface area (Å²) in [5.74, 6) is -0.367. The number of rotatable bonds is 5. The minimum Gasteiger partial charge on any atom is -0.510 e. The third-order valence-electron chi connectivity index (χ3n) is 0.918. The van der Waals surface area contributed by atoms with Crippen molar-refractivity contribution in [3.05, 3.63) is 11.8 Å². The van der Waals surface area contributed by atoms with Crippen LogP contribution in [0.3, 0.4) is 0 Å². The molecule has 0 heterocycles. The fourth-order valence-electron chi connectivity index (χ4n) is 0.389. The van der Waals surface area contributed by atoms with E-state index in [1.165, 1.54) is 13.0 Å². The van der Waals surface area contributed by atoms with Crippen molar-refractivity contribution in [2.75, 3.05) is 6.61 Å². The SMILES string of the molecule is CC=C(O)COP(=O)(O)OP(=O)(O)O. The van der Waals surface area contributed by atoms with Gasteiger partial charge in [-0.1, -0.05) is 0 Å². The van der Waals surface area contributed by atoms with E-state index in [0.29, 0.717) is 0 Å². The van der Waals surface area contributed by atoms with Crippen molar-refractivity contribution in [3.8, 4) is 0 Å². The molecule has 0 aromatic heterocycles. The monoisotopic (exact) mass is 248 g/mol. The lowest BCUT2D eigenvalue weighted by Crippen LogP contribution is -1.98. The Morgan fingerprint density at radius 1 is 1.36 bits per heavy atom. The first kappa shape index (κ1) is 13.8. The van der Waals surface area contributed by atoms with Crippen LogP contribution in [0.1, 0.15) is 6.92 Å². The average molecular weight is 248 g/mol. The molecule has 14 heavy (non-hydrogen) atoms. The largest absolute Gasteiger partial charge is 0.510 e. The van der Waals surface area contributed by atoms with E-state index in [9.17, 15) is 9.13 Å². The van der Waals surface area contributed by atoms with Crippen molar-refractivity contribution in [2.24, 2.45) is 0 Å². The van der Waals surface area contributed by atoms with Crippen LogP contribution < -0.4 is 0 Å². The summed E-state index contributed by atoms with van der Waals surface area (Å²) >= 11 is 0. The third kappa shape index (κ3) is 7.23. The Morgan fingerprint density at radius 3 is 2.21 bits per heavy atom. The van der Waals surface area contributed by atoms with E-state index >= 15 is 0 Å². The molecule has 0 fully saturated rings. The number of phosphoric acid groups is 2. The van der Waals surface area contributed by atoms with Gasteiger partial charge in [-0.15, -0.1) is 0 Å². The van der Waals surface area contributed by atoms with Crippen LogP contribution in [0.25, 0.3) is 0 Å². The summed E-state index contributed by atoms with van der Waals surface area (Å²) in [6, 6.07) is 0. The second-order valence-electron chi connectivity index (χ2n) is 2.09. The van der Waals surface area contributed by atoms with Crippen LogP contribution in [0.15, 0.2) is 11.8 Å². The van der Waals surface area contributed by atoms with Crippen LogP contribution in [-0.4, -0.2) is 26.4 Å². The van der Waals surface area contributed by atoms with Gasteiger partial charge in [-0.3, -0.25) is 4.52 Å². The van der Waals surface area contributed by atoms with E-state index in [0.717, 1.165) is 0 Å². The lowest BCUT2D eigenvalue weighted by Gasteiger charge is -2.11. The number of aliphatic hydroxyl groups is 1. The smallest absolute Gasteiger partial charge is 0.481 e. The predicted octanol–water partition coefficient (Wildman–Crippen LogP) is 0.674. The highest BCUT2D eigenvalue weighted by Gasteiger charge is 2.32. The molecule has 0 saturated carbocycles. The van der Waals surface area contributed by atoms with Crippen LogP contribution in [0.4, 0.5) is 0 Å². The first-order chi connectivity index (χ1) is 6.16. The van der Waals surface area contributed by atoms with E-state index < -0.39 is 22.3 Å². The highest BCUT2D eigenvalue weighted by molar-refractivity contribution is 7.60. The molecule has 0 spiro atoms. The molecule has 0 saturated heterocycles. The van der Waals surface area contributed by atoms with Gasteiger partial charge in [0, 0.05) is 0 Å². The Bertz CT molecular complexity index is 302. The van der Waals surface area contributed by atoms with Crippen molar-refractivity contribution in [2.45, 2.75) is 6.92 Å². The van der Waals surface area contributed by atoms with Crippen LogP contribution in [0, 0.1) is 0 Å². The predicted molar refractivity (Wildman–Crippen MR) is 45.3 cm³/mol. The molecule has 0 amide bonds. The Labute approximate surface area is 79.6 Å². The van der Waals surface area contributed by atoms with Crippen LogP contribution in [0.5, 0.6) is 0 Å². The van der Waals surface area contributed by atoms with Crippen molar-refractivity contribution in [3.63, 3.8) is 0 Å². The maximum Gasteiger partial charge on any atom is 0.481 e. The van der Waals surface area contributed by atoms with Gasteiger partial charge in [-0.25, -0.2) is 9.13 Å². The highest BCUT2D eigenvalue weighted by Crippen LogP contribution is 2.57. The minimum atomic E-state index is -5.09. The second kappa shape index (κ2) is 5.04. The van der Waals surface area contributed by atoms with E-state index in [1.807, 2.05) is 0 Å². The Kier molecular flexibility index (Phi) is 4.97. The van der Waals surface area contributed by atoms with Gasteiger partial charge < -0.3 is 19.8 Å².